The number of rotatable bonds is 3. The molecule has 1 amide bonds. The molecule has 120 valence electrons. The molecule has 2 fully saturated rings. The van der Waals surface area contributed by atoms with Crippen molar-refractivity contribution < 1.29 is 9.90 Å². The molecule has 0 unspecified atom stereocenters. The second-order valence-corrected chi connectivity index (χ2v) is 6.65. The van der Waals surface area contributed by atoms with Crippen LogP contribution in [0.3, 0.4) is 0 Å². The molecular weight excluding hydrogens is 276 g/mol. The first-order chi connectivity index (χ1) is 10.7. The maximum absolute atomic E-state index is 12.4. The molecule has 0 radical (unpaired) electrons. The maximum Gasteiger partial charge on any atom is 0.230 e. The van der Waals surface area contributed by atoms with Gasteiger partial charge in [-0.25, -0.2) is 0 Å². The van der Waals surface area contributed by atoms with E-state index in [1.165, 1.54) is 11.1 Å². The van der Waals surface area contributed by atoms with Crippen LogP contribution < -0.4 is 5.32 Å². The van der Waals surface area contributed by atoms with Crippen molar-refractivity contribution in [2.45, 2.75) is 45.3 Å². The van der Waals surface area contributed by atoms with Crippen LogP contribution in [0.1, 0.15) is 37.3 Å². The van der Waals surface area contributed by atoms with Crippen LogP contribution in [-0.2, 0) is 17.8 Å². The van der Waals surface area contributed by atoms with Crippen LogP contribution >= 0.6 is 0 Å². The molecule has 2 atom stereocenters. The highest BCUT2D eigenvalue weighted by Crippen LogP contribution is 2.37. The highest BCUT2D eigenvalue weighted by Gasteiger charge is 2.49. The molecule has 0 aromatic heterocycles. The standard InChI is InChI=1S/C18H26N2O2/c1-2-14-6-3-4-7-15(14)12-20-11-8-16(21)18(13-20)9-5-10-19-17(18)22/h3-4,6-7,16,21H,2,5,8-13H2,1H3,(H,19,22)/t16-,18+/m0/s1. The largest absolute Gasteiger partial charge is 0.392 e. The van der Waals surface area contributed by atoms with Crippen molar-refractivity contribution in [1.82, 2.24) is 10.2 Å². The predicted octanol–water partition coefficient (Wildman–Crippen LogP) is 1.71. The highest BCUT2D eigenvalue weighted by molar-refractivity contribution is 5.84. The Hall–Kier alpha value is -1.39. The second kappa shape index (κ2) is 6.39. The number of amides is 1. The smallest absolute Gasteiger partial charge is 0.230 e. The van der Waals surface area contributed by atoms with Crippen LogP contribution in [0.5, 0.6) is 0 Å². The van der Waals surface area contributed by atoms with Crippen LogP contribution in [-0.4, -0.2) is 41.7 Å². The molecule has 1 spiro atoms. The van der Waals surface area contributed by atoms with Crippen LogP contribution in [0, 0.1) is 5.41 Å². The van der Waals surface area contributed by atoms with E-state index >= 15 is 0 Å². The third-order valence-electron chi connectivity index (χ3n) is 5.29. The average Bonchev–Trinajstić information content (AvgIpc) is 2.54. The molecule has 2 saturated heterocycles. The van der Waals surface area contributed by atoms with E-state index in [1.807, 2.05) is 0 Å². The summed E-state index contributed by atoms with van der Waals surface area (Å²) in [6.45, 7) is 5.30. The number of benzene rings is 1. The zero-order valence-electron chi connectivity index (χ0n) is 13.3. The Morgan fingerprint density at radius 1 is 1.36 bits per heavy atom. The highest BCUT2D eigenvalue weighted by atomic mass is 16.3. The van der Waals surface area contributed by atoms with E-state index in [4.69, 9.17) is 0 Å². The lowest BCUT2D eigenvalue weighted by atomic mass is 9.71. The third-order valence-corrected chi connectivity index (χ3v) is 5.29. The molecular formula is C18H26N2O2. The third kappa shape index (κ3) is 2.77. The lowest BCUT2D eigenvalue weighted by molar-refractivity contribution is -0.149. The minimum Gasteiger partial charge on any atom is -0.392 e. The van der Waals surface area contributed by atoms with E-state index in [0.717, 1.165) is 38.9 Å². The quantitative estimate of drug-likeness (QED) is 0.894. The van der Waals surface area contributed by atoms with Crippen molar-refractivity contribution in [1.29, 1.82) is 0 Å². The van der Waals surface area contributed by atoms with Gasteiger partial charge in [0.2, 0.25) is 5.91 Å². The van der Waals surface area contributed by atoms with Gasteiger partial charge in [-0.15, -0.1) is 0 Å². The summed E-state index contributed by atoms with van der Waals surface area (Å²) in [6, 6.07) is 8.52. The molecule has 22 heavy (non-hydrogen) atoms. The Morgan fingerprint density at radius 3 is 2.86 bits per heavy atom. The first kappa shape index (κ1) is 15.5. The fourth-order valence-electron chi connectivity index (χ4n) is 3.96. The van der Waals surface area contributed by atoms with E-state index in [2.05, 4.69) is 41.4 Å². The van der Waals surface area contributed by atoms with Gasteiger partial charge in [-0.1, -0.05) is 31.2 Å². The van der Waals surface area contributed by atoms with Gasteiger partial charge < -0.3 is 10.4 Å². The van der Waals surface area contributed by atoms with Gasteiger partial charge in [0.15, 0.2) is 0 Å². The van der Waals surface area contributed by atoms with E-state index in [1.54, 1.807) is 0 Å². The fraction of sp³-hybridized carbons (Fsp3) is 0.611. The van der Waals surface area contributed by atoms with Crippen LogP contribution in [0.2, 0.25) is 0 Å². The molecule has 0 bridgehead atoms. The predicted molar refractivity (Wildman–Crippen MR) is 86.4 cm³/mol. The molecule has 4 heteroatoms. The van der Waals surface area contributed by atoms with Gasteiger partial charge in [0.1, 0.15) is 0 Å². The number of carbonyl (C=O) groups is 1. The molecule has 2 heterocycles. The summed E-state index contributed by atoms with van der Waals surface area (Å²) in [6.07, 6.45) is 2.96. The molecule has 0 aliphatic carbocycles. The van der Waals surface area contributed by atoms with Gasteiger partial charge in [0, 0.05) is 26.2 Å². The van der Waals surface area contributed by atoms with Gasteiger partial charge in [0.25, 0.3) is 0 Å². The van der Waals surface area contributed by atoms with Gasteiger partial charge in [-0.3, -0.25) is 9.69 Å². The number of aliphatic hydroxyl groups excluding tert-OH is 1. The first-order valence-corrected chi connectivity index (χ1v) is 8.41. The number of nitrogens with one attached hydrogen (secondary N) is 1. The number of hydrogen-bond donors (Lipinski definition) is 2. The molecule has 1 aromatic rings. The summed E-state index contributed by atoms with van der Waals surface area (Å²) < 4.78 is 0. The Kier molecular flexibility index (Phi) is 4.50. The number of nitrogens with zero attached hydrogens (tertiary/aromatic N) is 1. The lowest BCUT2D eigenvalue weighted by Gasteiger charge is -2.47. The first-order valence-electron chi connectivity index (χ1n) is 8.41. The zero-order valence-corrected chi connectivity index (χ0v) is 13.3. The molecule has 2 N–H and O–H groups in total. The zero-order chi connectivity index (χ0) is 15.6. The number of likely N-dealkylation sites (tertiary alicyclic amines) is 1. The van der Waals surface area contributed by atoms with Gasteiger partial charge in [0.05, 0.1) is 11.5 Å². The van der Waals surface area contributed by atoms with Crippen LogP contribution in [0.25, 0.3) is 0 Å². The monoisotopic (exact) mass is 302 g/mol. The Labute approximate surface area is 132 Å². The number of hydrogen-bond acceptors (Lipinski definition) is 3. The maximum atomic E-state index is 12.4. The molecule has 3 rings (SSSR count). The van der Waals surface area contributed by atoms with Crippen molar-refractivity contribution in [3.05, 3.63) is 35.4 Å². The summed E-state index contributed by atoms with van der Waals surface area (Å²) in [4.78, 5) is 14.7. The minimum atomic E-state index is -0.600. The SMILES string of the molecule is CCc1ccccc1CN1CC[C@H](O)[C@@]2(CCCNC2=O)C1. The number of aliphatic hydroxyl groups is 1. The van der Waals surface area contributed by atoms with Crippen LogP contribution in [0.4, 0.5) is 0 Å². The normalized spacial score (nSPS) is 29.5. The van der Waals surface area contributed by atoms with Crippen molar-refractivity contribution in [2.24, 2.45) is 5.41 Å². The Bertz CT molecular complexity index is 546. The lowest BCUT2D eigenvalue weighted by Crippen LogP contribution is -2.61. The van der Waals surface area contributed by atoms with Crippen molar-refractivity contribution in [3.63, 3.8) is 0 Å². The summed E-state index contributed by atoms with van der Waals surface area (Å²) in [5.41, 5.74) is 2.11. The van der Waals surface area contributed by atoms with Gasteiger partial charge >= 0.3 is 0 Å². The summed E-state index contributed by atoms with van der Waals surface area (Å²) in [5.74, 6) is 0.0414. The Morgan fingerprint density at radius 2 is 2.14 bits per heavy atom. The topological polar surface area (TPSA) is 52.6 Å². The van der Waals surface area contributed by atoms with Gasteiger partial charge in [-0.05, 0) is 36.8 Å². The molecule has 2 aliphatic heterocycles. The number of carbonyl (C=O) groups excluding carboxylic acids is 1. The second-order valence-electron chi connectivity index (χ2n) is 6.65. The van der Waals surface area contributed by atoms with E-state index in [0.29, 0.717) is 13.0 Å². The van der Waals surface area contributed by atoms with Crippen molar-refractivity contribution >= 4 is 5.91 Å². The van der Waals surface area contributed by atoms with E-state index in [-0.39, 0.29) is 5.91 Å². The van der Waals surface area contributed by atoms with Crippen molar-refractivity contribution in [2.75, 3.05) is 19.6 Å². The van der Waals surface area contributed by atoms with Crippen molar-refractivity contribution in [3.8, 4) is 0 Å². The summed E-state index contributed by atoms with van der Waals surface area (Å²) >= 11 is 0. The number of piperidine rings is 2. The van der Waals surface area contributed by atoms with E-state index < -0.39 is 11.5 Å². The molecule has 0 saturated carbocycles. The molecule has 4 nitrogen and oxygen atoms in total. The minimum absolute atomic E-state index is 0.0414. The summed E-state index contributed by atoms with van der Waals surface area (Å²) in [5, 5.41) is 13.4. The van der Waals surface area contributed by atoms with Crippen LogP contribution in [0.15, 0.2) is 24.3 Å². The molecule has 2 aliphatic rings. The number of aryl methyl sites for hydroxylation is 1. The molecule has 1 aromatic carbocycles. The fourth-order valence-corrected chi connectivity index (χ4v) is 3.96. The summed E-state index contributed by atoms with van der Waals surface area (Å²) in [7, 11) is 0. The van der Waals surface area contributed by atoms with E-state index in [9.17, 15) is 9.90 Å². The average molecular weight is 302 g/mol. The Balaban J connectivity index is 1.77. The van der Waals surface area contributed by atoms with Gasteiger partial charge in [-0.2, -0.15) is 0 Å².